The molecule has 4 heterocycles. The van der Waals surface area contributed by atoms with E-state index in [1.165, 1.54) is 27.8 Å². The first-order valence-corrected chi connectivity index (χ1v) is 12.4. The fraction of sp³-hybridized carbons (Fsp3) is 0.238. The molecule has 0 N–H and O–H groups in total. The number of halogens is 1. The quantitative estimate of drug-likeness (QED) is 0.423. The van der Waals surface area contributed by atoms with Crippen molar-refractivity contribution < 1.29 is 17.3 Å². The first-order valence-electron chi connectivity index (χ1n) is 10.1. The van der Waals surface area contributed by atoms with Crippen LogP contribution in [0.15, 0.2) is 58.2 Å². The number of anilines is 1. The first-order chi connectivity index (χ1) is 15.9. The summed E-state index contributed by atoms with van der Waals surface area (Å²) in [4.78, 5) is 16.2. The van der Waals surface area contributed by atoms with Crippen LogP contribution in [0.1, 0.15) is 4.88 Å². The average molecular weight is 487 g/mol. The molecule has 12 heteroatoms. The second kappa shape index (κ2) is 8.61. The van der Waals surface area contributed by atoms with Gasteiger partial charge in [-0.2, -0.15) is 9.29 Å². The molecule has 170 valence electrons. The van der Waals surface area contributed by atoms with Crippen LogP contribution < -0.4 is 4.90 Å². The van der Waals surface area contributed by atoms with Crippen molar-refractivity contribution in [2.24, 2.45) is 0 Å². The van der Waals surface area contributed by atoms with Gasteiger partial charge in [0.1, 0.15) is 5.82 Å². The number of nitrogens with zero attached hydrogens (tertiary/aromatic N) is 6. The Morgan fingerprint density at radius 1 is 1.06 bits per heavy atom. The van der Waals surface area contributed by atoms with Crippen molar-refractivity contribution in [3.8, 4) is 22.2 Å². The van der Waals surface area contributed by atoms with Crippen molar-refractivity contribution in [1.82, 2.24) is 24.4 Å². The molecule has 0 saturated carbocycles. The molecule has 3 aromatic heterocycles. The second-order valence-corrected chi connectivity index (χ2v) is 10.6. The number of hydrogen-bond acceptors (Lipinski definition) is 9. The van der Waals surface area contributed by atoms with E-state index in [-0.39, 0.29) is 16.6 Å². The molecular weight excluding hydrogens is 467 g/mol. The molecule has 1 aliphatic rings. The van der Waals surface area contributed by atoms with Gasteiger partial charge in [-0.15, -0.1) is 11.3 Å². The molecule has 9 nitrogen and oxygen atoms in total. The molecule has 5 rings (SSSR count). The van der Waals surface area contributed by atoms with Crippen LogP contribution >= 0.6 is 11.3 Å². The van der Waals surface area contributed by atoms with Crippen LogP contribution in [0.3, 0.4) is 0 Å². The number of thiophene rings is 1. The SMILES string of the molecule is Cc1sc(-c2nc(-c3ccc(F)cc3)no2)cc1S(=O)(=O)N1CCN(c2ncccn2)CC1. The van der Waals surface area contributed by atoms with E-state index < -0.39 is 10.0 Å². The smallest absolute Gasteiger partial charge is 0.268 e. The molecule has 4 aromatic rings. The Hall–Kier alpha value is -3.22. The first kappa shape index (κ1) is 21.6. The Balaban J connectivity index is 1.35. The fourth-order valence-electron chi connectivity index (χ4n) is 3.59. The number of rotatable bonds is 5. The monoisotopic (exact) mass is 486 g/mol. The van der Waals surface area contributed by atoms with Gasteiger partial charge in [0.25, 0.3) is 5.89 Å². The van der Waals surface area contributed by atoms with Gasteiger partial charge in [0.05, 0.1) is 9.77 Å². The van der Waals surface area contributed by atoms with Crippen molar-refractivity contribution in [3.63, 3.8) is 0 Å². The average Bonchev–Trinajstić information content (AvgIpc) is 3.48. The maximum absolute atomic E-state index is 13.3. The van der Waals surface area contributed by atoms with Crippen molar-refractivity contribution in [1.29, 1.82) is 0 Å². The highest BCUT2D eigenvalue weighted by atomic mass is 32.2. The largest absolute Gasteiger partial charge is 0.338 e. The molecule has 0 aliphatic carbocycles. The van der Waals surface area contributed by atoms with E-state index in [1.807, 2.05) is 4.90 Å². The van der Waals surface area contributed by atoms with Crippen molar-refractivity contribution >= 4 is 27.3 Å². The zero-order valence-electron chi connectivity index (χ0n) is 17.5. The lowest BCUT2D eigenvalue weighted by molar-refractivity contribution is 0.382. The van der Waals surface area contributed by atoms with Crippen molar-refractivity contribution in [2.75, 3.05) is 31.1 Å². The summed E-state index contributed by atoms with van der Waals surface area (Å²) in [7, 11) is -3.69. The minimum atomic E-state index is -3.69. The van der Waals surface area contributed by atoms with E-state index >= 15 is 0 Å². The van der Waals surface area contributed by atoms with Crippen LogP contribution in [0, 0.1) is 12.7 Å². The summed E-state index contributed by atoms with van der Waals surface area (Å²) in [6.45, 7) is 3.43. The van der Waals surface area contributed by atoms with Gasteiger partial charge >= 0.3 is 0 Å². The molecule has 1 aromatic carbocycles. The van der Waals surface area contributed by atoms with E-state index in [0.29, 0.717) is 53.3 Å². The number of hydrogen-bond donors (Lipinski definition) is 0. The standard InChI is InChI=1S/C21H19FN6O3S2/c1-14-18(33(29,30)28-11-9-27(10-12-28)21-23-7-2-8-24-21)13-17(32-14)20-25-19(26-31-20)15-3-5-16(22)6-4-15/h2-8,13H,9-12H2,1H3. The molecule has 33 heavy (non-hydrogen) atoms. The normalized spacial score (nSPS) is 15.2. The summed E-state index contributed by atoms with van der Waals surface area (Å²) < 4.78 is 46.7. The van der Waals surface area contributed by atoms with Crippen LogP contribution in [0.2, 0.25) is 0 Å². The third-order valence-electron chi connectivity index (χ3n) is 5.30. The van der Waals surface area contributed by atoms with Gasteiger partial charge in [0, 0.05) is 49.0 Å². The zero-order valence-corrected chi connectivity index (χ0v) is 19.2. The maximum atomic E-state index is 13.3. The molecule has 0 radical (unpaired) electrons. The topological polar surface area (TPSA) is 105 Å². The molecule has 1 fully saturated rings. The van der Waals surface area contributed by atoms with Crippen LogP contribution in [-0.4, -0.2) is 59.0 Å². The molecule has 0 amide bonds. The van der Waals surface area contributed by atoms with Gasteiger partial charge < -0.3 is 9.42 Å². The van der Waals surface area contributed by atoms with Gasteiger partial charge in [-0.05, 0) is 43.3 Å². The molecule has 1 aliphatic heterocycles. The summed E-state index contributed by atoms with van der Waals surface area (Å²) in [5, 5.41) is 3.94. The molecule has 0 unspecified atom stereocenters. The Kier molecular flexibility index (Phi) is 5.64. The predicted octanol–water partition coefficient (Wildman–Crippen LogP) is 3.21. The summed E-state index contributed by atoms with van der Waals surface area (Å²) >= 11 is 1.27. The molecule has 1 saturated heterocycles. The fourth-order valence-corrected chi connectivity index (χ4v) is 6.49. The highest BCUT2D eigenvalue weighted by molar-refractivity contribution is 7.89. The second-order valence-electron chi connectivity index (χ2n) is 7.40. The Morgan fingerprint density at radius 2 is 1.76 bits per heavy atom. The van der Waals surface area contributed by atoms with Crippen LogP contribution in [-0.2, 0) is 10.0 Å². The van der Waals surface area contributed by atoms with E-state index in [1.54, 1.807) is 43.6 Å². The van der Waals surface area contributed by atoms with E-state index in [0.717, 1.165) is 0 Å². The number of piperazine rings is 1. The van der Waals surface area contributed by atoms with Crippen LogP contribution in [0.4, 0.5) is 10.3 Å². The highest BCUT2D eigenvalue weighted by Gasteiger charge is 2.32. The van der Waals surface area contributed by atoms with Crippen LogP contribution in [0.5, 0.6) is 0 Å². The lowest BCUT2D eigenvalue weighted by atomic mass is 10.2. The number of aryl methyl sites for hydroxylation is 1. The number of aromatic nitrogens is 4. The van der Waals surface area contributed by atoms with Crippen molar-refractivity contribution in [2.45, 2.75) is 11.8 Å². The summed E-state index contributed by atoms with van der Waals surface area (Å²) in [6.07, 6.45) is 3.33. The predicted molar refractivity (Wildman–Crippen MR) is 121 cm³/mol. The van der Waals surface area contributed by atoms with Gasteiger partial charge in [0.15, 0.2) is 0 Å². The Labute approximate surface area is 193 Å². The number of benzene rings is 1. The minimum absolute atomic E-state index is 0.218. The van der Waals surface area contributed by atoms with Crippen molar-refractivity contribution in [3.05, 3.63) is 59.5 Å². The van der Waals surface area contributed by atoms with Crippen LogP contribution in [0.25, 0.3) is 22.2 Å². The minimum Gasteiger partial charge on any atom is -0.338 e. The van der Waals surface area contributed by atoms with Gasteiger partial charge in [-0.3, -0.25) is 0 Å². The Bertz CT molecular complexity index is 1360. The Morgan fingerprint density at radius 3 is 2.45 bits per heavy atom. The van der Waals surface area contributed by atoms with E-state index in [2.05, 4.69) is 20.1 Å². The third-order valence-corrected chi connectivity index (χ3v) is 8.50. The maximum Gasteiger partial charge on any atom is 0.268 e. The number of sulfonamides is 1. The zero-order chi connectivity index (χ0) is 23.0. The summed E-state index contributed by atoms with van der Waals surface area (Å²) in [5.74, 6) is 0.759. The summed E-state index contributed by atoms with van der Waals surface area (Å²) in [5.41, 5.74) is 0.604. The highest BCUT2D eigenvalue weighted by Crippen LogP contribution is 2.35. The lowest BCUT2D eigenvalue weighted by Gasteiger charge is -2.33. The lowest BCUT2D eigenvalue weighted by Crippen LogP contribution is -2.49. The molecule has 0 spiro atoms. The third kappa shape index (κ3) is 4.24. The van der Waals surface area contributed by atoms with E-state index in [9.17, 15) is 12.8 Å². The van der Waals surface area contributed by atoms with Gasteiger partial charge in [-0.25, -0.2) is 22.8 Å². The van der Waals surface area contributed by atoms with E-state index in [4.69, 9.17) is 4.52 Å². The van der Waals surface area contributed by atoms with Gasteiger partial charge in [0.2, 0.25) is 21.8 Å². The summed E-state index contributed by atoms with van der Waals surface area (Å²) in [6, 6.07) is 9.06. The van der Waals surface area contributed by atoms with Gasteiger partial charge in [-0.1, -0.05) is 5.16 Å². The molecule has 0 atom stereocenters. The molecular formula is C21H19FN6O3S2. The molecule has 0 bridgehead atoms.